The predicted octanol–water partition coefficient (Wildman–Crippen LogP) is 2.36. The molecular formula is C14H12ClN3O3. The molecule has 6 nitrogen and oxygen atoms in total. The Bertz CT molecular complexity index is 870. The van der Waals surface area contributed by atoms with E-state index in [1.807, 2.05) is 6.07 Å². The van der Waals surface area contributed by atoms with Crippen LogP contribution in [0.25, 0.3) is 16.8 Å². The summed E-state index contributed by atoms with van der Waals surface area (Å²) < 4.78 is 11.9. The molecule has 108 valence electrons. The number of aromatic amines is 1. The van der Waals surface area contributed by atoms with Gasteiger partial charge in [-0.25, -0.2) is 4.52 Å². The molecule has 0 aliphatic rings. The van der Waals surface area contributed by atoms with E-state index >= 15 is 0 Å². The molecule has 0 saturated heterocycles. The molecular weight excluding hydrogens is 294 g/mol. The van der Waals surface area contributed by atoms with Crippen molar-refractivity contribution in [2.24, 2.45) is 0 Å². The fourth-order valence-electron chi connectivity index (χ4n) is 2.14. The summed E-state index contributed by atoms with van der Waals surface area (Å²) in [6, 6.07) is 5.37. The molecule has 0 bridgehead atoms. The summed E-state index contributed by atoms with van der Waals surface area (Å²) >= 11 is 5.92. The lowest BCUT2D eigenvalue weighted by Gasteiger charge is -2.09. The molecule has 3 rings (SSSR count). The maximum atomic E-state index is 12.1. The van der Waals surface area contributed by atoms with Crippen molar-refractivity contribution in [1.82, 2.24) is 14.6 Å². The standard InChI is InChI=1S/C14H12ClN3O3/c1-20-11-4-3-8(5-12(11)21-2)10-7-18-13(14(19)17-10)9(15)6-16-18/h3-7H,1-2H3,(H,17,19). The molecule has 0 saturated carbocycles. The number of H-pyrrole nitrogens is 1. The highest BCUT2D eigenvalue weighted by Gasteiger charge is 2.11. The van der Waals surface area contributed by atoms with Gasteiger partial charge in [-0.1, -0.05) is 11.6 Å². The Morgan fingerprint density at radius 1 is 1.24 bits per heavy atom. The fraction of sp³-hybridized carbons (Fsp3) is 0.143. The summed E-state index contributed by atoms with van der Waals surface area (Å²) in [7, 11) is 3.12. The SMILES string of the molecule is COc1ccc(-c2cn3ncc(Cl)c3c(=O)[nH]2)cc1OC. The van der Waals surface area contributed by atoms with Gasteiger partial charge in [0.25, 0.3) is 5.56 Å². The van der Waals surface area contributed by atoms with Crippen LogP contribution in [0, 0.1) is 0 Å². The minimum absolute atomic E-state index is 0.301. The zero-order valence-corrected chi connectivity index (χ0v) is 12.1. The lowest BCUT2D eigenvalue weighted by Crippen LogP contribution is -2.11. The minimum atomic E-state index is -0.301. The average molecular weight is 306 g/mol. The molecule has 21 heavy (non-hydrogen) atoms. The van der Waals surface area contributed by atoms with Crippen LogP contribution in [0.1, 0.15) is 0 Å². The number of fused-ring (bicyclic) bond motifs is 1. The third-order valence-electron chi connectivity index (χ3n) is 3.16. The lowest BCUT2D eigenvalue weighted by atomic mass is 10.1. The summed E-state index contributed by atoms with van der Waals surface area (Å²) in [4.78, 5) is 14.9. The molecule has 0 unspecified atom stereocenters. The third-order valence-corrected chi connectivity index (χ3v) is 3.44. The zero-order valence-electron chi connectivity index (χ0n) is 11.4. The second-order valence-corrected chi connectivity index (χ2v) is 4.76. The number of halogens is 1. The van der Waals surface area contributed by atoms with Crippen LogP contribution in [0.15, 0.2) is 35.4 Å². The second-order valence-electron chi connectivity index (χ2n) is 4.35. The van der Waals surface area contributed by atoms with E-state index in [0.29, 0.717) is 27.7 Å². The molecule has 3 aromatic rings. The number of rotatable bonds is 3. The van der Waals surface area contributed by atoms with Gasteiger partial charge in [0, 0.05) is 5.56 Å². The first-order valence-corrected chi connectivity index (χ1v) is 6.50. The van der Waals surface area contributed by atoms with E-state index in [1.54, 1.807) is 32.5 Å². The largest absolute Gasteiger partial charge is 0.493 e. The lowest BCUT2D eigenvalue weighted by molar-refractivity contribution is 0.355. The van der Waals surface area contributed by atoms with E-state index in [-0.39, 0.29) is 5.56 Å². The van der Waals surface area contributed by atoms with Gasteiger partial charge < -0.3 is 14.5 Å². The maximum absolute atomic E-state index is 12.1. The molecule has 0 fully saturated rings. The van der Waals surface area contributed by atoms with Crippen molar-refractivity contribution in [3.8, 4) is 22.8 Å². The van der Waals surface area contributed by atoms with Gasteiger partial charge in [0.05, 0.1) is 37.3 Å². The first kappa shape index (κ1) is 13.5. The van der Waals surface area contributed by atoms with Crippen molar-refractivity contribution in [3.05, 3.63) is 46.0 Å². The van der Waals surface area contributed by atoms with Gasteiger partial charge in [-0.05, 0) is 18.2 Å². The van der Waals surface area contributed by atoms with Gasteiger partial charge in [0.1, 0.15) is 5.52 Å². The van der Waals surface area contributed by atoms with E-state index in [9.17, 15) is 4.79 Å². The summed E-state index contributed by atoms with van der Waals surface area (Å²) in [6.45, 7) is 0. The smallest absolute Gasteiger partial charge is 0.275 e. The summed E-state index contributed by atoms with van der Waals surface area (Å²) in [5.74, 6) is 1.20. The van der Waals surface area contributed by atoms with E-state index in [1.165, 1.54) is 10.7 Å². The van der Waals surface area contributed by atoms with Crippen molar-refractivity contribution in [1.29, 1.82) is 0 Å². The van der Waals surface area contributed by atoms with Crippen molar-refractivity contribution in [2.75, 3.05) is 14.2 Å². The van der Waals surface area contributed by atoms with Crippen LogP contribution >= 0.6 is 11.6 Å². The Morgan fingerprint density at radius 3 is 2.71 bits per heavy atom. The minimum Gasteiger partial charge on any atom is -0.493 e. The quantitative estimate of drug-likeness (QED) is 0.806. The van der Waals surface area contributed by atoms with Crippen LogP contribution in [-0.2, 0) is 0 Å². The number of nitrogens with zero attached hydrogens (tertiary/aromatic N) is 2. The first-order valence-electron chi connectivity index (χ1n) is 6.12. The second kappa shape index (κ2) is 5.14. The molecule has 2 aromatic heterocycles. The zero-order chi connectivity index (χ0) is 15.0. The molecule has 0 amide bonds. The van der Waals surface area contributed by atoms with Crippen LogP contribution in [0.3, 0.4) is 0 Å². The number of hydrogen-bond donors (Lipinski definition) is 1. The molecule has 1 aromatic carbocycles. The summed E-state index contributed by atoms with van der Waals surface area (Å²) in [5.41, 5.74) is 1.40. The van der Waals surface area contributed by atoms with Crippen LogP contribution < -0.4 is 15.0 Å². The number of benzene rings is 1. The normalized spacial score (nSPS) is 10.8. The van der Waals surface area contributed by atoms with Gasteiger partial charge in [-0.2, -0.15) is 5.10 Å². The molecule has 0 atom stereocenters. The van der Waals surface area contributed by atoms with E-state index in [2.05, 4.69) is 10.1 Å². The Labute approximate surface area is 124 Å². The Morgan fingerprint density at radius 2 is 2.00 bits per heavy atom. The van der Waals surface area contributed by atoms with Crippen molar-refractivity contribution >= 4 is 17.1 Å². The molecule has 1 N–H and O–H groups in total. The van der Waals surface area contributed by atoms with Gasteiger partial charge in [0.2, 0.25) is 0 Å². The predicted molar refractivity (Wildman–Crippen MR) is 79.4 cm³/mol. The van der Waals surface area contributed by atoms with Gasteiger partial charge in [-0.3, -0.25) is 4.79 Å². The number of hydrogen-bond acceptors (Lipinski definition) is 4. The number of nitrogens with one attached hydrogen (secondary N) is 1. The molecule has 0 spiro atoms. The van der Waals surface area contributed by atoms with E-state index < -0.39 is 0 Å². The monoisotopic (exact) mass is 305 g/mol. The number of aromatic nitrogens is 3. The summed E-state index contributed by atoms with van der Waals surface area (Å²) in [5, 5.41) is 4.37. The van der Waals surface area contributed by atoms with Crippen molar-refractivity contribution < 1.29 is 9.47 Å². The third kappa shape index (κ3) is 2.23. The average Bonchev–Trinajstić information content (AvgIpc) is 2.88. The highest BCUT2D eigenvalue weighted by Crippen LogP contribution is 2.31. The Hall–Kier alpha value is -2.47. The van der Waals surface area contributed by atoms with Gasteiger partial charge in [-0.15, -0.1) is 0 Å². The molecule has 7 heteroatoms. The van der Waals surface area contributed by atoms with Crippen molar-refractivity contribution in [2.45, 2.75) is 0 Å². The molecule has 2 heterocycles. The maximum Gasteiger partial charge on any atom is 0.275 e. The molecule has 0 aliphatic carbocycles. The van der Waals surface area contributed by atoms with E-state index in [0.717, 1.165) is 5.56 Å². The topological polar surface area (TPSA) is 68.6 Å². The van der Waals surface area contributed by atoms with Gasteiger partial charge in [0.15, 0.2) is 11.5 Å². The number of methoxy groups -OCH3 is 2. The van der Waals surface area contributed by atoms with Crippen LogP contribution in [0.4, 0.5) is 0 Å². The van der Waals surface area contributed by atoms with Crippen LogP contribution in [0.5, 0.6) is 11.5 Å². The Kier molecular flexibility index (Phi) is 3.31. The van der Waals surface area contributed by atoms with E-state index in [4.69, 9.17) is 21.1 Å². The highest BCUT2D eigenvalue weighted by molar-refractivity contribution is 6.33. The van der Waals surface area contributed by atoms with Crippen LogP contribution in [0.2, 0.25) is 5.02 Å². The fourth-order valence-corrected chi connectivity index (χ4v) is 2.35. The first-order chi connectivity index (χ1) is 10.1. The highest BCUT2D eigenvalue weighted by atomic mass is 35.5. The molecule has 0 radical (unpaired) electrons. The molecule has 0 aliphatic heterocycles. The van der Waals surface area contributed by atoms with Gasteiger partial charge >= 0.3 is 0 Å². The van der Waals surface area contributed by atoms with Crippen molar-refractivity contribution in [3.63, 3.8) is 0 Å². The Balaban J connectivity index is 2.18. The van der Waals surface area contributed by atoms with Crippen LogP contribution in [-0.4, -0.2) is 28.8 Å². The number of ether oxygens (including phenoxy) is 2. The summed E-state index contributed by atoms with van der Waals surface area (Å²) in [6.07, 6.45) is 3.13.